The molecule has 5 heteroatoms. The first-order chi connectivity index (χ1) is 12.2. The summed E-state index contributed by atoms with van der Waals surface area (Å²) < 4.78 is 19.7. The van der Waals surface area contributed by atoms with Crippen molar-refractivity contribution in [3.05, 3.63) is 65.5 Å². The van der Waals surface area contributed by atoms with E-state index in [2.05, 4.69) is 5.32 Å². The molecule has 25 heavy (non-hydrogen) atoms. The molecule has 0 aliphatic carbocycles. The monoisotopic (exact) mass is 344 g/mol. The van der Waals surface area contributed by atoms with Gasteiger partial charge >= 0.3 is 0 Å². The molecule has 2 aromatic carbocycles. The van der Waals surface area contributed by atoms with Crippen LogP contribution in [0.3, 0.4) is 0 Å². The van der Waals surface area contributed by atoms with Gasteiger partial charge in [-0.15, -0.1) is 0 Å². The number of hydrogen-bond donors (Lipinski definition) is 2. The number of hydrogen-bond acceptors (Lipinski definition) is 4. The molecule has 1 atom stereocenters. The van der Waals surface area contributed by atoms with Crippen LogP contribution in [0.4, 0.5) is 10.1 Å². The Morgan fingerprint density at radius 1 is 1.08 bits per heavy atom. The lowest BCUT2D eigenvalue weighted by Gasteiger charge is -2.29. The highest BCUT2D eigenvalue weighted by atomic mass is 19.1. The van der Waals surface area contributed by atoms with Crippen LogP contribution in [0.25, 0.3) is 0 Å². The first kappa shape index (κ1) is 17.9. The van der Waals surface area contributed by atoms with E-state index in [1.165, 1.54) is 0 Å². The molecule has 0 radical (unpaired) electrons. The van der Waals surface area contributed by atoms with Crippen LogP contribution in [0.5, 0.6) is 0 Å². The number of benzene rings is 2. The average molecular weight is 344 g/mol. The normalized spacial score (nSPS) is 16.0. The van der Waals surface area contributed by atoms with Crippen molar-refractivity contribution in [2.24, 2.45) is 0 Å². The highest BCUT2D eigenvalue weighted by Gasteiger charge is 2.15. The molecule has 1 unspecified atom stereocenters. The summed E-state index contributed by atoms with van der Waals surface area (Å²) in [4.78, 5) is 2.01. The molecule has 1 fully saturated rings. The van der Waals surface area contributed by atoms with E-state index < -0.39 is 6.10 Å². The summed E-state index contributed by atoms with van der Waals surface area (Å²) in [6.07, 6.45) is 0.151. The molecule has 0 aromatic heterocycles. The second-order valence-electron chi connectivity index (χ2n) is 6.36. The maximum absolute atomic E-state index is 14.3. The summed E-state index contributed by atoms with van der Waals surface area (Å²) in [6, 6.07) is 15.2. The zero-order chi connectivity index (χ0) is 17.5. The topological polar surface area (TPSA) is 44.7 Å². The molecule has 4 nitrogen and oxygen atoms in total. The number of anilines is 1. The van der Waals surface area contributed by atoms with E-state index >= 15 is 0 Å². The molecule has 0 amide bonds. The molecule has 2 N–H and O–H groups in total. The number of nitrogens with one attached hydrogen (secondary N) is 1. The molecule has 134 valence electrons. The van der Waals surface area contributed by atoms with E-state index in [1.54, 1.807) is 6.07 Å². The summed E-state index contributed by atoms with van der Waals surface area (Å²) >= 11 is 0. The standard InChI is InChI=1S/C20H25FN2O2/c21-19-13-17(6-7-20(19)23-8-10-25-11-9-23)14-22-15-18(24)12-16-4-2-1-3-5-16/h1-7,13,18,22,24H,8-12,14-15H2. The maximum Gasteiger partial charge on any atom is 0.146 e. The highest BCUT2D eigenvalue weighted by Crippen LogP contribution is 2.21. The van der Waals surface area contributed by atoms with Gasteiger partial charge in [-0.05, 0) is 29.7 Å². The largest absolute Gasteiger partial charge is 0.391 e. The van der Waals surface area contributed by atoms with Crippen molar-refractivity contribution in [2.75, 3.05) is 37.7 Å². The molecule has 0 spiro atoms. The van der Waals surface area contributed by atoms with Gasteiger partial charge in [0, 0.05) is 26.2 Å². The smallest absolute Gasteiger partial charge is 0.146 e. The van der Waals surface area contributed by atoms with Crippen molar-refractivity contribution in [3.63, 3.8) is 0 Å². The van der Waals surface area contributed by atoms with Gasteiger partial charge < -0.3 is 20.1 Å². The fourth-order valence-electron chi connectivity index (χ4n) is 3.06. The Morgan fingerprint density at radius 3 is 2.56 bits per heavy atom. The first-order valence-corrected chi connectivity index (χ1v) is 8.76. The van der Waals surface area contributed by atoms with Crippen LogP contribution in [0.2, 0.25) is 0 Å². The van der Waals surface area contributed by atoms with Crippen LogP contribution in [-0.2, 0) is 17.7 Å². The number of ether oxygens (including phenoxy) is 1. The van der Waals surface area contributed by atoms with Gasteiger partial charge in [0.2, 0.25) is 0 Å². The Bertz CT molecular complexity index is 660. The molecule has 2 aromatic rings. The number of morpholine rings is 1. The van der Waals surface area contributed by atoms with Gasteiger partial charge in [-0.25, -0.2) is 4.39 Å². The van der Waals surface area contributed by atoms with Crippen LogP contribution in [-0.4, -0.2) is 44.1 Å². The van der Waals surface area contributed by atoms with Crippen LogP contribution in [0, 0.1) is 5.82 Å². The van der Waals surface area contributed by atoms with E-state index in [0.717, 1.165) is 24.2 Å². The molecular formula is C20H25FN2O2. The zero-order valence-electron chi connectivity index (χ0n) is 14.3. The number of nitrogens with zero attached hydrogens (tertiary/aromatic N) is 1. The summed E-state index contributed by atoms with van der Waals surface area (Å²) in [6.45, 7) is 3.73. The van der Waals surface area contributed by atoms with Crippen molar-refractivity contribution in [1.29, 1.82) is 0 Å². The van der Waals surface area contributed by atoms with E-state index in [4.69, 9.17) is 4.74 Å². The van der Waals surface area contributed by atoms with Crippen LogP contribution < -0.4 is 10.2 Å². The average Bonchev–Trinajstić information content (AvgIpc) is 2.63. The first-order valence-electron chi connectivity index (χ1n) is 8.76. The minimum Gasteiger partial charge on any atom is -0.391 e. The van der Waals surface area contributed by atoms with Gasteiger partial charge in [-0.3, -0.25) is 0 Å². The van der Waals surface area contributed by atoms with Gasteiger partial charge in [-0.1, -0.05) is 36.4 Å². The quantitative estimate of drug-likeness (QED) is 0.809. The highest BCUT2D eigenvalue weighted by molar-refractivity contribution is 5.49. The Kier molecular flexibility index (Phi) is 6.39. The Labute approximate surface area is 148 Å². The molecule has 1 saturated heterocycles. The predicted molar refractivity (Wildman–Crippen MR) is 97.3 cm³/mol. The van der Waals surface area contributed by atoms with Gasteiger partial charge in [-0.2, -0.15) is 0 Å². The number of rotatable bonds is 7. The van der Waals surface area contributed by atoms with Gasteiger partial charge in [0.25, 0.3) is 0 Å². The van der Waals surface area contributed by atoms with Crippen molar-refractivity contribution >= 4 is 5.69 Å². The minimum atomic E-state index is -0.458. The molecule has 0 bridgehead atoms. The molecule has 1 aliphatic heterocycles. The summed E-state index contributed by atoms with van der Waals surface area (Å²) in [5.41, 5.74) is 2.62. The Morgan fingerprint density at radius 2 is 1.84 bits per heavy atom. The fraction of sp³-hybridized carbons (Fsp3) is 0.400. The van der Waals surface area contributed by atoms with Crippen molar-refractivity contribution in [1.82, 2.24) is 5.32 Å². The zero-order valence-corrected chi connectivity index (χ0v) is 14.3. The minimum absolute atomic E-state index is 0.203. The summed E-state index contributed by atoms with van der Waals surface area (Å²) in [5, 5.41) is 13.3. The molecule has 0 saturated carbocycles. The van der Waals surface area contributed by atoms with E-state index in [-0.39, 0.29) is 5.82 Å². The van der Waals surface area contributed by atoms with Crippen LogP contribution >= 0.6 is 0 Å². The van der Waals surface area contributed by atoms with Gasteiger partial charge in [0.1, 0.15) is 5.82 Å². The van der Waals surface area contributed by atoms with Crippen molar-refractivity contribution in [3.8, 4) is 0 Å². The molecule has 1 heterocycles. The summed E-state index contributed by atoms with van der Waals surface area (Å²) in [5.74, 6) is -0.203. The van der Waals surface area contributed by atoms with Crippen LogP contribution in [0.1, 0.15) is 11.1 Å². The number of aliphatic hydroxyl groups is 1. The van der Waals surface area contributed by atoms with Crippen molar-refractivity contribution in [2.45, 2.75) is 19.1 Å². The van der Waals surface area contributed by atoms with Gasteiger partial charge in [0.15, 0.2) is 0 Å². The Hall–Kier alpha value is -1.95. The van der Waals surface area contributed by atoms with E-state index in [9.17, 15) is 9.50 Å². The lowest BCUT2D eigenvalue weighted by molar-refractivity contribution is 0.122. The summed E-state index contributed by atoms with van der Waals surface area (Å²) in [7, 11) is 0. The van der Waals surface area contributed by atoms with Crippen LogP contribution in [0.15, 0.2) is 48.5 Å². The lowest BCUT2D eigenvalue weighted by atomic mass is 10.1. The lowest BCUT2D eigenvalue weighted by Crippen LogP contribution is -2.36. The van der Waals surface area contributed by atoms with E-state index in [1.807, 2.05) is 47.4 Å². The third-order valence-electron chi connectivity index (χ3n) is 4.39. The molecule has 1 aliphatic rings. The van der Waals surface area contributed by atoms with Gasteiger partial charge in [0.05, 0.1) is 25.0 Å². The fourth-order valence-corrected chi connectivity index (χ4v) is 3.06. The molecule has 3 rings (SSSR count). The second kappa shape index (κ2) is 8.94. The maximum atomic E-state index is 14.3. The third kappa shape index (κ3) is 5.26. The second-order valence-corrected chi connectivity index (χ2v) is 6.36. The Balaban J connectivity index is 1.47. The number of halogens is 1. The molecular weight excluding hydrogens is 319 g/mol. The van der Waals surface area contributed by atoms with E-state index in [0.29, 0.717) is 38.4 Å². The number of aliphatic hydroxyl groups excluding tert-OH is 1. The van der Waals surface area contributed by atoms with Crippen molar-refractivity contribution < 1.29 is 14.2 Å². The predicted octanol–water partition coefficient (Wildman–Crippen LogP) is 2.36. The third-order valence-corrected chi connectivity index (χ3v) is 4.39. The SMILES string of the molecule is OC(CNCc1ccc(N2CCOCC2)c(F)c1)Cc1ccccc1.